The molecular weight excluding hydrogens is 705 g/mol. The van der Waals surface area contributed by atoms with Gasteiger partial charge in [-0.1, -0.05) is 103 Å². The zero-order chi connectivity index (χ0) is 39.8. The van der Waals surface area contributed by atoms with Crippen LogP contribution in [0.4, 0.5) is 11.4 Å². The van der Waals surface area contributed by atoms with E-state index in [0.717, 1.165) is 46.5 Å². The first-order valence-corrected chi connectivity index (χ1v) is 21.3. The van der Waals surface area contributed by atoms with Gasteiger partial charge in [-0.05, 0) is 108 Å². The molecule has 8 heteroatoms. The van der Waals surface area contributed by atoms with E-state index in [1.165, 1.54) is 99.3 Å². The maximum atomic E-state index is 6.40. The third kappa shape index (κ3) is 8.85. The van der Waals surface area contributed by atoms with Crippen molar-refractivity contribution in [3.05, 3.63) is 96.1 Å². The number of nitrogens with zero attached hydrogens (tertiary/aromatic N) is 6. The number of benzene rings is 4. The van der Waals surface area contributed by atoms with Crippen molar-refractivity contribution in [1.29, 1.82) is 0 Å². The van der Waals surface area contributed by atoms with Gasteiger partial charge in [0.1, 0.15) is 0 Å². The van der Waals surface area contributed by atoms with Crippen LogP contribution in [-0.4, -0.2) is 48.6 Å². The summed E-state index contributed by atoms with van der Waals surface area (Å²) in [5.41, 5.74) is 11.2. The van der Waals surface area contributed by atoms with Crippen molar-refractivity contribution in [2.24, 2.45) is 0 Å². The summed E-state index contributed by atoms with van der Waals surface area (Å²) in [7, 11) is 8.16. The SMILES string of the molecule is CCCCCCCCC1(CCCCCCCC)c2cc(-c3nnc(-c4ccc(N(C)C)cc4)o3)ccc2-c2ccc(-c3nnc(-c4ccc(N(C)C)cc4)o3)cc21. The summed E-state index contributed by atoms with van der Waals surface area (Å²) in [6.07, 6.45) is 17.3. The monoisotopic (exact) mass is 764 g/mol. The summed E-state index contributed by atoms with van der Waals surface area (Å²) in [6, 6.07) is 30.1. The van der Waals surface area contributed by atoms with Gasteiger partial charge in [-0.15, -0.1) is 20.4 Å². The molecule has 0 saturated heterocycles. The molecule has 8 nitrogen and oxygen atoms in total. The fourth-order valence-electron chi connectivity index (χ4n) is 8.56. The highest BCUT2D eigenvalue weighted by molar-refractivity contribution is 5.85. The number of anilines is 2. The van der Waals surface area contributed by atoms with E-state index >= 15 is 0 Å². The van der Waals surface area contributed by atoms with Gasteiger partial charge in [0.15, 0.2) is 0 Å². The molecule has 6 aromatic rings. The Morgan fingerprint density at radius 1 is 0.421 bits per heavy atom. The molecule has 57 heavy (non-hydrogen) atoms. The van der Waals surface area contributed by atoms with Crippen molar-refractivity contribution in [2.45, 2.75) is 109 Å². The first kappa shape index (κ1) is 40.0. The van der Waals surface area contributed by atoms with E-state index in [1.807, 2.05) is 52.5 Å². The van der Waals surface area contributed by atoms with Gasteiger partial charge in [0, 0.05) is 67.2 Å². The molecule has 0 spiro atoms. The summed E-state index contributed by atoms with van der Waals surface area (Å²) in [5, 5.41) is 18.2. The Bertz CT molecular complexity index is 2040. The van der Waals surface area contributed by atoms with E-state index in [2.05, 4.69) is 105 Å². The lowest BCUT2D eigenvalue weighted by Crippen LogP contribution is -2.25. The number of hydrogen-bond donors (Lipinski definition) is 0. The molecule has 0 saturated carbocycles. The summed E-state index contributed by atoms with van der Waals surface area (Å²) in [5.74, 6) is 2.15. The van der Waals surface area contributed by atoms with Crippen LogP contribution in [0, 0.1) is 0 Å². The van der Waals surface area contributed by atoms with Crippen LogP contribution < -0.4 is 9.80 Å². The van der Waals surface area contributed by atoms with Gasteiger partial charge in [0.25, 0.3) is 0 Å². The topological polar surface area (TPSA) is 84.3 Å². The quantitative estimate of drug-likeness (QED) is 0.0711. The minimum absolute atomic E-state index is 0.165. The Kier molecular flexibility index (Phi) is 12.9. The largest absolute Gasteiger partial charge is 0.416 e. The minimum atomic E-state index is -0.165. The Morgan fingerprint density at radius 2 is 0.754 bits per heavy atom. The van der Waals surface area contributed by atoms with E-state index in [1.54, 1.807) is 0 Å². The van der Waals surface area contributed by atoms with Gasteiger partial charge in [0.05, 0.1) is 0 Å². The van der Waals surface area contributed by atoms with E-state index < -0.39 is 0 Å². The Balaban J connectivity index is 1.26. The maximum Gasteiger partial charge on any atom is 0.248 e. The summed E-state index contributed by atoms with van der Waals surface area (Å²) < 4.78 is 12.8. The molecule has 0 fully saturated rings. The molecule has 0 bridgehead atoms. The lowest BCUT2D eigenvalue weighted by molar-refractivity contribution is 0.398. The zero-order valence-corrected chi connectivity index (χ0v) is 35.0. The van der Waals surface area contributed by atoms with Crippen molar-refractivity contribution in [3.8, 4) is 56.9 Å². The standard InChI is InChI=1S/C49H60N6O2/c1-7-9-11-13-15-17-31-49(32-18-16-14-12-10-8-2)43-33-37(47-52-50-45(56-47)35-19-25-39(26-20-35)54(3)4)23-29-41(43)42-30-24-38(34-44(42)49)48-53-51-46(57-48)36-21-27-40(28-22-36)55(5)6/h19-30,33-34H,7-18,31-32H2,1-6H3. The summed E-state index contributed by atoms with van der Waals surface area (Å²) in [6.45, 7) is 4.58. The average Bonchev–Trinajstić information content (AvgIpc) is 3.99. The Labute approximate surface area is 339 Å². The van der Waals surface area contributed by atoms with Crippen molar-refractivity contribution in [1.82, 2.24) is 20.4 Å². The Hall–Kier alpha value is -5.24. The molecule has 0 unspecified atom stereocenters. The zero-order valence-electron chi connectivity index (χ0n) is 35.0. The van der Waals surface area contributed by atoms with Crippen LogP contribution in [0.1, 0.15) is 115 Å². The second kappa shape index (κ2) is 18.4. The molecule has 0 atom stereocenters. The molecule has 4 aromatic carbocycles. The fourth-order valence-corrected chi connectivity index (χ4v) is 8.56. The van der Waals surface area contributed by atoms with Crippen LogP contribution in [0.5, 0.6) is 0 Å². The highest BCUT2D eigenvalue weighted by atomic mass is 16.4. The smallest absolute Gasteiger partial charge is 0.248 e. The third-order valence-corrected chi connectivity index (χ3v) is 11.9. The highest BCUT2D eigenvalue weighted by Crippen LogP contribution is 2.56. The first-order chi connectivity index (χ1) is 27.8. The Morgan fingerprint density at radius 3 is 1.12 bits per heavy atom. The van der Waals surface area contributed by atoms with Crippen molar-refractivity contribution >= 4 is 11.4 Å². The minimum Gasteiger partial charge on any atom is -0.416 e. The summed E-state index contributed by atoms with van der Waals surface area (Å²) in [4.78, 5) is 4.17. The normalized spacial score (nSPS) is 12.8. The van der Waals surface area contributed by atoms with Gasteiger partial charge >= 0.3 is 0 Å². The molecule has 0 aliphatic heterocycles. The molecule has 7 rings (SSSR count). The predicted octanol–water partition coefficient (Wildman–Crippen LogP) is 13.0. The number of unbranched alkanes of at least 4 members (excludes halogenated alkanes) is 10. The second-order valence-corrected chi connectivity index (χ2v) is 16.3. The lowest BCUT2D eigenvalue weighted by Gasteiger charge is -2.33. The molecule has 2 aromatic heterocycles. The number of aromatic nitrogens is 4. The molecule has 0 N–H and O–H groups in total. The van der Waals surface area contributed by atoms with Crippen LogP contribution in [0.3, 0.4) is 0 Å². The van der Waals surface area contributed by atoms with Crippen molar-refractivity contribution < 1.29 is 8.83 Å². The van der Waals surface area contributed by atoms with E-state index in [4.69, 9.17) is 8.83 Å². The lowest BCUT2D eigenvalue weighted by atomic mass is 9.70. The number of hydrogen-bond acceptors (Lipinski definition) is 8. The summed E-state index contributed by atoms with van der Waals surface area (Å²) >= 11 is 0. The predicted molar refractivity (Wildman–Crippen MR) is 235 cm³/mol. The highest BCUT2D eigenvalue weighted by Gasteiger charge is 2.43. The van der Waals surface area contributed by atoms with Gasteiger partial charge in [-0.3, -0.25) is 0 Å². The van der Waals surface area contributed by atoms with Crippen LogP contribution in [0.25, 0.3) is 56.9 Å². The van der Waals surface area contributed by atoms with Crippen LogP contribution >= 0.6 is 0 Å². The molecular formula is C49H60N6O2. The van der Waals surface area contributed by atoms with Crippen molar-refractivity contribution in [2.75, 3.05) is 38.0 Å². The first-order valence-electron chi connectivity index (χ1n) is 21.3. The number of rotatable bonds is 20. The van der Waals surface area contributed by atoms with E-state index in [9.17, 15) is 0 Å². The molecule has 1 aliphatic carbocycles. The van der Waals surface area contributed by atoms with E-state index in [0.29, 0.717) is 23.6 Å². The van der Waals surface area contributed by atoms with Crippen LogP contribution in [0.15, 0.2) is 93.8 Å². The van der Waals surface area contributed by atoms with Gasteiger partial charge in [-0.25, -0.2) is 0 Å². The molecule has 298 valence electrons. The third-order valence-electron chi connectivity index (χ3n) is 11.9. The second-order valence-electron chi connectivity index (χ2n) is 16.3. The van der Waals surface area contributed by atoms with E-state index in [-0.39, 0.29) is 5.41 Å². The maximum absolute atomic E-state index is 6.40. The van der Waals surface area contributed by atoms with Gasteiger partial charge < -0.3 is 18.6 Å². The number of fused-ring (bicyclic) bond motifs is 3. The molecule has 2 heterocycles. The van der Waals surface area contributed by atoms with Crippen molar-refractivity contribution in [3.63, 3.8) is 0 Å². The van der Waals surface area contributed by atoms with Crippen LogP contribution in [-0.2, 0) is 5.41 Å². The molecule has 0 amide bonds. The average molecular weight is 765 g/mol. The molecule has 1 aliphatic rings. The fraction of sp³-hybridized carbons (Fsp3) is 0.429. The molecule has 0 radical (unpaired) electrons. The van der Waals surface area contributed by atoms with Crippen LogP contribution in [0.2, 0.25) is 0 Å². The van der Waals surface area contributed by atoms with Gasteiger partial charge in [-0.2, -0.15) is 0 Å². The van der Waals surface area contributed by atoms with Gasteiger partial charge in [0.2, 0.25) is 23.6 Å².